The Kier molecular flexibility index (Phi) is 5.74. The lowest BCUT2D eigenvalue weighted by atomic mass is 10.1. The molecule has 26 heavy (non-hydrogen) atoms. The molecule has 0 radical (unpaired) electrons. The number of nitrogens with zero attached hydrogens (tertiary/aromatic N) is 3. The molecular formula is C20H20BrN3OS. The maximum atomic E-state index is 10.1. The van der Waals surface area contributed by atoms with Crippen molar-refractivity contribution < 1.29 is 5.11 Å². The molecule has 0 aliphatic carbocycles. The fourth-order valence-corrected chi connectivity index (χ4v) is 3.74. The molecule has 0 aliphatic rings. The van der Waals surface area contributed by atoms with Gasteiger partial charge in [-0.2, -0.15) is 5.10 Å². The first kappa shape index (κ1) is 18.6. The van der Waals surface area contributed by atoms with Crippen LogP contribution < -0.4 is 4.80 Å². The van der Waals surface area contributed by atoms with Gasteiger partial charge in [-0.3, -0.25) is 4.99 Å². The van der Waals surface area contributed by atoms with E-state index in [1.54, 1.807) is 29.7 Å². The summed E-state index contributed by atoms with van der Waals surface area (Å²) in [6.07, 6.45) is 1.66. The number of halogens is 1. The number of benzene rings is 2. The minimum absolute atomic E-state index is 0.167. The van der Waals surface area contributed by atoms with E-state index in [4.69, 9.17) is 0 Å². The van der Waals surface area contributed by atoms with Crippen LogP contribution >= 0.6 is 27.3 Å². The molecule has 2 aromatic carbocycles. The summed E-state index contributed by atoms with van der Waals surface area (Å²) >= 11 is 4.98. The SMILES string of the molecule is Cc1ccc(-c2csc(=NC(C)C)n2N=Cc2cc(Br)ccc2O)cc1. The summed E-state index contributed by atoms with van der Waals surface area (Å²) in [5.41, 5.74) is 3.90. The molecule has 1 aromatic heterocycles. The van der Waals surface area contributed by atoms with Crippen molar-refractivity contribution >= 4 is 33.5 Å². The Morgan fingerprint density at radius 2 is 1.88 bits per heavy atom. The monoisotopic (exact) mass is 429 g/mol. The molecule has 0 saturated heterocycles. The molecule has 3 aromatic rings. The lowest BCUT2D eigenvalue weighted by Gasteiger charge is -2.05. The highest BCUT2D eigenvalue weighted by Crippen LogP contribution is 2.22. The van der Waals surface area contributed by atoms with Gasteiger partial charge >= 0.3 is 0 Å². The predicted octanol–water partition coefficient (Wildman–Crippen LogP) is 5.18. The number of rotatable bonds is 4. The van der Waals surface area contributed by atoms with Gasteiger partial charge in [-0.1, -0.05) is 45.8 Å². The zero-order chi connectivity index (χ0) is 18.7. The summed E-state index contributed by atoms with van der Waals surface area (Å²) in [7, 11) is 0. The number of hydrogen-bond donors (Lipinski definition) is 1. The second-order valence-electron chi connectivity index (χ2n) is 6.25. The molecule has 0 unspecified atom stereocenters. The second-order valence-corrected chi connectivity index (χ2v) is 8.00. The second kappa shape index (κ2) is 8.01. The van der Waals surface area contributed by atoms with Gasteiger partial charge in [0.25, 0.3) is 0 Å². The van der Waals surface area contributed by atoms with Crippen molar-refractivity contribution in [1.82, 2.24) is 4.68 Å². The third-order valence-corrected chi connectivity index (χ3v) is 5.03. The van der Waals surface area contributed by atoms with Crippen LogP contribution in [0.15, 0.2) is 62.4 Å². The number of aromatic hydroxyl groups is 1. The Balaban J connectivity index is 2.11. The van der Waals surface area contributed by atoms with E-state index in [1.807, 2.05) is 24.6 Å². The third kappa shape index (κ3) is 4.31. The van der Waals surface area contributed by atoms with E-state index in [0.29, 0.717) is 5.56 Å². The van der Waals surface area contributed by atoms with Crippen molar-refractivity contribution in [2.45, 2.75) is 26.8 Å². The maximum absolute atomic E-state index is 10.1. The van der Waals surface area contributed by atoms with Gasteiger partial charge in [-0.25, -0.2) is 4.68 Å². The molecule has 134 valence electrons. The van der Waals surface area contributed by atoms with E-state index < -0.39 is 0 Å². The first-order chi connectivity index (χ1) is 12.4. The first-order valence-electron chi connectivity index (χ1n) is 8.28. The van der Waals surface area contributed by atoms with E-state index in [-0.39, 0.29) is 11.8 Å². The highest BCUT2D eigenvalue weighted by Gasteiger charge is 2.08. The van der Waals surface area contributed by atoms with Gasteiger partial charge in [-0.15, -0.1) is 11.3 Å². The van der Waals surface area contributed by atoms with Crippen molar-refractivity contribution in [2.75, 3.05) is 0 Å². The van der Waals surface area contributed by atoms with Gasteiger partial charge in [0.05, 0.1) is 11.9 Å². The van der Waals surface area contributed by atoms with E-state index in [9.17, 15) is 5.11 Å². The highest BCUT2D eigenvalue weighted by molar-refractivity contribution is 9.10. The number of phenols is 1. The van der Waals surface area contributed by atoms with Gasteiger partial charge in [0.1, 0.15) is 5.75 Å². The Hall–Kier alpha value is -2.18. The van der Waals surface area contributed by atoms with Crippen LogP contribution in [0.2, 0.25) is 0 Å². The number of aryl methyl sites for hydroxylation is 1. The van der Waals surface area contributed by atoms with E-state index in [0.717, 1.165) is 20.5 Å². The molecule has 3 rings (SSSR count). The quantitative estimate of drug-likeness (QED) is 0.570. The molecule has 0 amide bonds. The Bertz CT molecular complexity index is 1000. The summed E-state index contributed by atoms with van der Waals surface area (Å²) in [6, 6.07) is 13.8. The maximum Gasteiger partial charge on any atom is 0.206 e. The summed E-state index contributed by atoms with van der Waals surface area (Å²) in [5.74, 6) is 0.187. The van der Waals surface area contributed by atoms with Gasteiger partial charge in [-0.05, 0) is 39.0 Å². The average Bonchev–Trinajstić information content (AvgIpc) is 2.98. The summed E-state index contributed by atoms with van der Waals surface area (Å²) in [5, 5.41) is 16.7. The average molecular weight is 430 g/mol. The van der Waals surface area contributed by atoms with E-state index >= 15 is 0 Å². The molecule has 0 fully saturated rings. The number of phenolic OH excluding ortho intramolecular Hbond substituents is 1. The Morgan fingerprint density at radius 3 is 2.58 bits per heavy atom. The topological polar surface area (TPSA) is 49.9 Å². The Morgan fingerprint density at radius 1 is 1.15 bits per heavy atom. The van der Waals surface area contributed by atoms with Crippen molar-refractivity contribution in [1.29, 1.82) is 0 Å². The molecule has 6 heteroatoms. The summed E-state index contributed by atoms with van der Waals surface area (Å²) in [4.78, 5) is 5.49. The van der Waals surface area contributed by atoms with E-state index in [2.05, 4.69) is 62.6 Å². The molecule has 1 heterocycles. The van der Waals surface area contributed by atoms with Crippen molar-refractivity contribution in [3.8, 4) is 17.0 Å². The van der Waals surface area contributed by atoms with Crippen LogP contribution in [0.1, 0.15) is 25.0 Å². The lowest BCUT2D eigenvalue weighted by Crippen LogP contribution is -2.14. The molecule has 0 saturated carbocycles. The zero-order valence-corrected chi connectivity index (χ0v) is 17.3. The molecule has 0 spiro atoms. The van der Waals surface area contributed by atoms with Crippen molar-refractivity contribution in [3.63, 3.8) is 0 Å². The van der Waals surface area contributed by atoms with Crippen LogP contribution in [0, 0.1) is 6.92 Å². The van der Waals surface area contributed by atoms with Crippen molar-refractivity contribution in [3.05, 3.63) is 68.2 Å². The number of aromatic nitrogens is 1. The lowest BCUT2D eigenvalue weighted by molar-refractivity contribution is 0.474. The summed E-state index contributed by atoms with van der Waals surface area (Å²) in [6.45, 7) is 6.15. The molecular weight excluding hydrogens is 410 g/mol. The molecule has 1 N–H and O–H groups in total. The van der Waals surface area contributed by atoms with Gasteiger partial charge in [0.2, 0.25) is 4.80 Å². The Labute approximate surface area is 165 Å². The van der Waals surface area contributed by atoms with Crippen LogP contribution in [-0.4, -0.2) is 22.0 Å². The minimum Gasteiger partial charge on any atom is -0.507 e. The van der Waals surface area contributed by atoms with Crippen LogP contribution in [0.5, 0.6) is 5.75 Å². The largest absolute Gasteiger partial charge is 0.507 e. The smallest absolute Gasteiger partial charge is 0.206 e. The van der Waals surface area contributed by atoms with Gasteiger partial charge < -0.3 is 5.11 Å². The summed E-state index contributed by atoms with van der Waals surface area (Å²) < 4.78 is 2.72. The predicted molar refractivity (Wildman–Crippen MR) is 112 cm³/mol. The van der Waals surface area contributed by atoms with Crippen LogP contribution in [-0.2, 0) is 0 Å². The molecule has 0 atom stereocenters. The minimum atomic E-state index is 0.167. The van der Waals surface area contributed by atoms with Gasteiger partial charge in [0.15, 0.2) is 0 Å². The standard InChI is InChI=1S/C20H20BrN3OS/c1-13(2)23-20-24(22-11-16-10-17(21)8-9-19(16)25)18(12-26-20)15-6-4-14(3)5-7-15/h4-13,25H,1-3H3. The number of hydrogen-bond acceptors (Lipinski definition) is 4. The van der Waals surface area contributed by atoms with Crippen LogP contribution in [0.3, 0.4) is 0 Å². The molecule has 4 nitrogen and oxygen atoms in total. The van der Waals surface area contributed by atoms with Crippen molar-refractivity contribution in [2.24, 2.45) is 10.1 Å². The van der Waals surface area contributed by atoms with Gasteiger partial charge in [0, 0.05) is 27.0 Å². The number of thiazole rings is 1. The third-order valence-electron chi connectivity index (χ3n) is 3.70. The van der Waals surface area contributed by atoms with E-state index in [1.165, 1.54) is 5.56 Å². The zero-order valence-electron chi connectivity index (χ0n) is 14.8. The highest BCUT2D eigenvalue weighted by atomic mass is 79.9. The van der Waals surface area contributed by atoms with Crippen LogP contribution in [0.25, 0.3) is 11.3 Å². The normalized spacial score (nSPS) is 12.4. The molecule has 0 bridgehead atoms. The fraction of sp³-hybridized carbons (Fsp3) is 0.200. The van der Waals surface area contributed by atoms with Crippen LogP contribution in [0.4, 0.5) is 0 Å². The first-order valence-corrected chi connectivity index (χ1v) is 9.95. The molecule has 0 aliphatic heterocycles. The fourth-order valence-electron chi connectivity index (χ4n) is 2.39.